The van der Waals surface area contributed by atoms with Crippen molar-refractivity contribution in [3.8, 4) is 0 Å². The van der Waals surface area contributed by atoms with Crippen LogP contribution in [0.5, 0.6) is 0 Å². The van der Waals surface area contributed by atoms with E-state index in [9.17, 15) is 0 Å². The Morgan fingerprint density at radius 2 is 2.06 bits per heavy atom. The SMILES string of the molecule is CCSC(=S)N[C@H](C)CCc1ccccc1. The molecule has 0 bridgehead atoms. The van der Waals surface area contributed by atoms with Gasteiger partial charge in [0.1, 0.15) is 4.32 Å². The van der Waals surface area contributed by atoms with E-state index in [2.05, 4.69) is 49.5 Å². The van der Waals surface area contributed by atoms with Gasteiger partial charge in [0.25, 0.3) is 0 Å². The molecule has 1 N–H and O–H groups in total. The van der Waals surface area contributed by atoms with E-state index in [1.807, 2.05) is 0 Å². The van der Waals surface area contributed by atoms with Crippen molar-refractivity contribution in [2.24, 2.45) is 0 Å². The molecule has 0 amide bonds. The van der Waals surface area contributed by atoms with E-state index in [0.29, 0.717) is 6.04 Å². The standard InChI is InChI=1S/C13H19NS2/c1-3-16-13(15)14-11(2)9-10-12-7-5-4-6-8-12/h4-8,11H,3,9-10H2,1-2H3,(H,14,15)/t11-/m1/s1. The minimum absolute atomic E-state index is 0.451. The number of benzene rings is 1. The molecule has 16 heavy (non-hydrogen) atoms. The summed E-state index contributed by atoms with van der Waals surface area (Å²) < 4.78 is 0.920. The van der Waals surface area contributed by atoms with Crippen LogP contribution in [0.4, 0.5) is 0 Å². The fraction of sp³-hybridized carbons (Fsp3) is 0.462. The first-order chi connectivity index (χ1) is 7.72. The first-order valence-electron chi connectivity index (χ1n) is 5.69. The molecule has 1 rings (SSSR count). The molecule has 0 aliphatic heterocycles. The van der Waals surface area contributed by atoms with Gasteiger partial charge < -0.3 is 5.32 Å². The summed E-state index contributed by atoms with van der Waals surface area (Å²) in [7, 11) is 0. The number of hydrogen-bond acceptors (Lipinski definition) is 2. The number of hydrogen-bond donors (Lipinski definition) is 1. The van der Waals surface area contributed by atoms with Crippen LogP contribution in [-0.4, -0.2) is 16.1 Å². The Morgan fingerprint density at radius 1 is 1.38 bits per heavy atom. The molecule has 0 heterocycles. The minimum Gasteiger partial charge on any atom is -0.369 e. The smallest absolute Gasteiger partial charge is 0.133 e. The number of aryl methyl sites for hydroxylation is 1. The molecule has 0 aliphatic rings. The largest absolute Gasteiger partial charge is 0.369 e. The van der Waals surface area contributed by atoms with E-state index < -0.39 is 0 Å². The van der Waals surface area contributed by atoms with Gasteiger partial charge in [-0.05, 0) is 31.1 Å². The van der Waals surface area contributed by atoms with Crippen molar-refractivity contribution in [3.05, 3.63) is 35.9 Å². The fourth-order valence-electron chi connectivity index (χ4n) is 1.47. The molecular weight excluding hydrogens is 234 g/mol. The van der Waals surface area contributed by atoms with Crippen LogP contribution in [-0.2, 0) is 6.42 Å². The second-order valence-electron chi connectivity index (χ2n) is 3.79. The third-order valence-corrected chi connectivity index (χ3v) is 3.49. The lowest BCUT2D eigenvalue weighted by molar-refractivity contribution is 0.613. The molecule has 0 radical (unpaired) electrons. The van der Waals surface area contributed by atoms with Crippen LogP contribution in [0.2, 0.25) is 0 Å². The lowest BCUT2D eigenvalue weighted by atomic mass is 10.1. The molecular formula is C13H19NS2. The second kappa shape index (κ2) is 7.69. The van der Waals surface area contributed by atoms with Crippen molar-refractivity contribution in [2.45, 2.75) is 32.7 Å². The minimum atomic E-state index is 0.451. The average molecular weight is 253 g/mol. The first kappa shape index (κ1) is 13.5. The summed E-state index contributed by atoms with van der Waals surface area (Å²) in [6.45, 7) is 4.30. The first-order valence-corrected chi connectivity index (χ1v) is 7.09. The van der Waals surface area contributed by atoms with E-state index in [-0.39, 0.29) is 0 Å². The number of nitrogens with one attached hydrogen (secondary N) is 1. The van der Waals surface area contributed by atoms with E-state index in [0.717, 1.165) is 22.9 Å². The molecule has 1 aromatic rings. The highest BCUT2D eigenvalue weighted by atomic mass is 32.2. The van der Waals surface area contributed by atoms with Gasteiger partial charge in [-0.2, -0.15) is 0 Å². The highest BCUT2D eigenvalue weighted by Gasteiger charge is 2.04. The molecule has 0 saturated carbocycles. The zero-order valence-corrected chi connectivity index (χ0v) is 11.5. The molecule has 0 unspecified atom stereocenters. The van der Waals surface area contributed by atoms with Crippen LogP contribution < -0.4 is 5.32 Å². The fourth-order valence-corrected chi connectivity index (χ4v) is 2.58. The quantitative estimate of drug-likeness (QED) is 0.805. The highest BCUT2D eigenvalue weighted by Crippen LogP contribution is 2.07. The van der Waals surface area contributed by atoms with Crippen LogP contribution in [0.25, 0.3) is 0 Å². The Morgan fingerprint density at radius 3 is 2.69 bits per heavy atom. The molecule has 1 atom stereocenters. The van der Waals surface area contributed by atoms with Gasteiger partial charge in [-0.1, -0.05) is 61.2 Å². The van der Waals surface area contributed by atoms with Crippen LogP contribution in [0, 0.1) is 0 Å². The van der Waals surface area contributed by atoms with Gasteiger partial charge in [0.05, 0.1) is 0 Å². The van der Waals surface area contributed by atoms with Crippen LogP contribution >= 0.6 is 24.0 Å². The molecule has 0 fully saturated rings. The third-order valence-electron chi connectivity index (χ3n) is 2.35. The van der Waals surface area contributed by atoms with E-state index >= 15 is 0 Å². The Hall–Kier alpha value is -0.540. The van der Waals surface area contributed by atoms with Crippen LogP contribution in [0.1, 0.15) is 25.8 Å². The maximum Gasteiger partial charge on any atom is 0.133 e. The van der Waals surface area contributed by atoms with Gasteiger partial charge in [0.2, 0.25) is 0 Å². The summed E-state index contributed by atoms with van der Waals surface area (Å²) in [6.07, 6.45) is 2.23. The molecule has 0 saturated heterocycles. The maximum absolute atomic E-state index is 5.21. The monoisotopic (exact) mass is 253 g/mol. The molecule has 3 heteroatoms. The number of rotatable bonds is 5. The van der Waals surface area contributed by atoms with Crippen LogP contribution in [0.3, 0.4) is 0 Å². The number of thioether (sulfide) groups is 1. The van der Waals surface area contributed by atoms with Crippen molar-refractivity contribution in [1.82, 2.24) is 5.32 Å². The molecule has 0 spiro atoms. The van der Waals surface area contributed by atoms with Gasteiger partial charge in [0.15, 0.2) is 0 Å². The zero-order chi connectivity index (χ0) is 11.8. The Labute approximate surface area is 108 Å². The van der Waals surface area contributed by atoms with E-state index in [4.69, 9.17) is 12.2 Å². The van der Waals surface area contributed by atoms with Crippen LogP contribution in [0.15, 0.2) is 30.3 Å². The Balaban J connectivity index is 2.25. The summed E-state index contributed by atoms with van der Waals surface area (Å²) in [5, 5.41) is 3.35. The summed E-state index contributed by atoms with van der Waals surface area (Å²) in [5.41, 5.74) is 1.39. The molecule has 1 aromatic carbocycles. The van der Waals surface area contributed by atoms with Crippen molar-refractivity contribution >= 4 is 28.3 Å². The summed E-state index contributed by atoms with van der Waals surface area (Å²) in [4.78, 5) is 0. The second-order valence-corrected chi connectivity index (χ2v) is 5.73. The van der Waals surface area contributed by atoms with E-state index in [1.54, 1.807) is 11.8 Å². The zero-order valence-electron chi connectivity index (χ0n) is 9.90. The Kier molecular flexibility index (Phi) is 6.50. The predicted octanol–water partition coefficient (Wildman–Crippen LogP) is 3.64. The maximum atomic E-state index is 5.21. The average Bonchev–Trinajstić information content (AvgIpc) is 2.28. The summed E-state index contributed by atoms with van der Waals surface area (Å²) in [6, 6.07) is 11.0. The van der Waals surface area contributed by atoms with Crippen molar-refractivity contribution in [1.29, 1.82) is 0 Å². The topological polar surface area (TPSA) is 12.0 Å². The lowest BCUT2D eigenvalue weighted by Crippen LogP contribution is -2.29. The third kappa shape index (κ3) is 5.52. The van der Waals surface area contributed by atoms with E-state index in [1.165, 1.54) is 5.56 Å². The van der Waals surface area contributed by atoms with Crippen molar-refractivity contribution < 1.29 is 0 Å². The molecule has 1 nitrogen and oxygen atoms in total. The summed E-state index contributed by atoms with van der Waals surface area (Å²) >= 11 is 6.91. The van der Waals surface area contributed by atoms with Gasteiger partial charge >= 0.3 is 0 Å². The normalized spacial score (nSPS) is 12.1. The number of thiocarbonyl (C=S) groups is 1. The molecule has 0 aromatic heterocycles. The Bertz CT molecular complexity index is 311. The van der Waals surface area contributed by atoms with Crippen molar-refractivity contribution in [2.75, 3.05) is 5.75 Å². The predicted molar refractivity (Wildman–Crippen MR) is 78.1 cm³/mol. The lowest BCUT2D eigenvalue weighted by Gasteiger charge is -2.14. The molecule has 88 valence electrons. The highest BCUT2D eigenvalue weighted by molar-refractivity contribution is 8.22. The van der Waals surface area contributed by atoms with Gasteiger partial charge in [-0.3, -0.25) is 0 Å². The van der Waals surface area contributed by atoms with Gasteiger partial charge in [-0.15, -0.1) is 0 Å². The van der Waals surface area contributed by atoms with Crippen molar-refractivity contribution in [3.63, 3.8) is 0 Å². The molecule has 0 aliphatic carbocycles. The summed E-state index contributed by atoms with van der Waals surface area (Å²) in [5.74, 6) is 1.04. The van der Waals surface area contributed by atoms with Gasteiger partial charge in [0, 0.05) is 6.04 Å². The van der Waals surface area contributed by atoms with Gasteiger partial charge in [-0.25, -0.2) is 0 Å².